The van der Waals surface area contributed by atoms with E-state index < -0.39 is 80.2 Å². The van der Waals surface area contributed by atoms with Crippen molar-refractivity contribution in [3.05, 3.63) is 47.6 Å². The van der Waals surface area contributed by atoms with E-state index in [1.54, 1.807) is 6.26 Å². The second kappa shape index (κ2) is 13.6. The molecular formula is C60H76N2O11. The SMILES string of the molecule is CC12CC=C3CC4CCC56CC7(CCCC7)CC5CCC57C(=O)OCC8(C1C(=O)C(O)C1(C)C8C(CC8(C)C(c9ccoc9CC(C(O)CO)C9CCC%10C(C=CN%11CNCC%10%11)C9)OC(=O)C9OC981)CC465)C37O2. The molecule has 13 nitrogen and oxygen atoms in total. The van der Waals surface area contributed by atoms with Gasteiger partial charge in [0.25, 0.3) is 0 Å². The number of fused-ring (bicyclic) bond motifs is 5. The number of ketones is 1. The number of rotatable bonds is 6. The molecule has 5 saturated heterocycles. The van der Waals surface area contributed by atoms with E-state index in [2.05, 4.69) is 49.3 Å². The average Bonchev–Trinajstić information content (AvgIpc) is 4.04. The highest BCUT2D eigenvalue weighted by molar-refractivity contribution is 5.94. The number of nitrogens with zero attached hydrogens (tertiary/aromatic N) is 1. The van der Waals surface area contributed by atoms with E-state index >= 15 is 9.59 Å². The maximum Gasteiger partial charge on any atom is 0.339 e. The Morgan fingerprint density at radius 1 is 0.973 bits per heavy atom. The summed E-state index contributed by atoms with van der Waals surface area (Å²) in [7, 11) is 0. The van der Waals surface area contributed by atoms with Gasteiger partial charge < -0.3 is 43.6 Å². The maximum atomic E-state index is 16.2. The largest absolute Gasteiger partial charge is 0.469 e. The van der Waals surface area contributed by atoms with Gasteiger partial charge in [0.05, 0.1) is 42.6 Å². The third kappa shape index (κ3) is 4.43. The molecular weight excluding hydrogens is 925 g/mol. The van der Waals surface area contributed by atoms with Crippen LogP contribution in [0.5, 0.6) is 0 Å². The van der Waals surface area contributed by atoms with Crippen molar-refractivity contribution in [2.24, 2.45) is 91.2 Å². The van der Waals surface area contributed by atoms with Crippen LogP contribution in [0.1, 0.15) is 147 Å². The summed E-state index contributed by atoms with van der Waals surface area (Å²) in [6.07, 6.45) is 21.7. The van der Waals surface area contributed by atoms with Gasteiger partial charge in [-0.2, -0.15) is 0 Å². The first-order valence-electron chi connectivity index (χ1n) is 29.3. The molecule has 23 atom stereocenters. The number of esters is 2. The molecule has 9 saturated carbocycles. The van der Waals surface area contributed by atoms with Crippen LogP contribution in [0.4, 0.5) is 0 Å². The quantitative estimate of drug-likeness (QED) is 0.132. The lowest BCUT2D eigenvalue weighted by Gasteiger charge is -2.74. The zero-order chi connectivity index (χ0) is 49.5. The van der Waals surface area contributed by atoms with Crippen LogP contribution >= 0.6 is 0 Å². The number of aliphatic hydroxyl groups excluding tert-OH is 3. The third-order valence-electron chi connectivity index (χ3n) is 27.4. The van der Waals surface area contributed by atoms with Crippen molar-refractivity contribution < 1.29 is 53.1 Å². The molecule has 9 aliphatic carbocycles. The van der Waals surface area contributed by atoms with Crippen molar-refractivity contribution in [2.45, 2.75) is 184 Å². The second-order valence-electron chi connectivity index (χ2n) is 28.9. The van der Waals surface area contributed by atoms with Crippen LogP contribution in [0.3, 0.4) is 0 Å². The minimum atomic E-state index is -1.47. The predicted octanol–water partition coefficient (Wildman–Crippen LogP) is 6.87. The van der Waals surface area contributed by atoms with E-state index in [4.69, 9.17) is 23.4 Å². The molecule has 0 aromatic carbocycles. The van der Waals surface area contributed by atoms with Gasteiger partial charge >= 0.3 is 11.9 Å². The monoisotopic (exact) mass is 1000 g/mol. The van der Waals surface area contributed by atoms with Gasteiger partial charge in [0.15, 0.2) is 11.9 Å². The second-order valence-corrected chi connectivity index (χ2v) is 28.9. The van der Waals surface area contributed by atoms with Crippen LogP contribution in [0.15, 0.2) is 40.7 Å². The fraction of sp³-hybridized carbons (Fsp3) is 0.817. The summed E-state index contributed by atoms with van der Waals surface area (Å²) in [4.78, 5) is 49.7. The topological polar surface area (TPSA) is 181 Å². The summed E-state index contributed by atoms with van der Waals surface area (Å²) in [5, 5.41) is 39.6. The van der Waals surface area contributed by atoms with Crippen molar-refractivity contribution in [1.82, 2.24) is 10.2 Å². The number of epoxide rings is 1. The van der Waals surface area contributed by atoms with Gasteiger partial charge in [-0.3, -0.25) is 14.9 Å². The number of hydrogen-bond donors (Lipinski definition) is 4. The fourth-order valence-corrected chi connectivity index (χ4v) is 26.0. The number of carbonyl (C=O) groups excluding carboxylic acids is 3. The van der Waals surface area contributed by atoms with E-state index in [0.29, 0.717) is 55.2 Å². The van der Waals surface area contributed by atoms with Gasteiger partial charge in [-0.25, -0.2) is 4.79 Å². The lowest BCUT2D eigenvalue weighted by atomic mass is 9.29. The highest BCUT2D eigenvalue weighted by Gasteiger charge is 3.00. The predicted molar refractivity (Wildman–Crippen MR) is 260 cm³/mol. The average molecular weight is 1000 g/mol. The molecule has 1 aromatic rings. The van der Waals surface area contributed by atoms with E-state index in [1.807, 2.05) is 6.07 Å². The molecule has 14 fully saturated rings. The Hall–Kier alpha value is -3.07. The standard InChI is InChI=1S/C60H76N2O11/c1-51-23-33-24-58-34-9-16-55(58)28-54(13-4-5-14-54)25-36(55)10-17-57(58)50(68)70-29-56-44(33)53(3,46(66)43(65)45(56)52(2)15-8-35(21-34)59(56,57)73-52)60(51)48(72-60)49(67)71-47(51)38-12-19-69-42(38)22-39(41(64)27-63)31-6-7-37-32(20-31)11-18-62-30-61-26-40(37)62/h8,11-12,18-19,31-34,36-37,39-41,44-48,61,63-64,66H,4-7,9-10,13-17,20-30H2,1-3H3. The Balaban J connectivity index is 0.837. The lowest BCUT2D eigenvalue weighted by Crippen LogP contribution is -2.83. The fourth-order valence-electron chi connectivity index (χ4n) is 26.0. The number of furan rings is 1. The van der Waals surface area contributed by atoms with Gasteiger partial charge in [0.1, 0.15) is 41.2 Å². The summed E-state index contributed by atoms with van der Waals surface area (Å²) >= 11 is 0. The Morgan fingerprint density at radius 3 is 2.64 bits per heavy atom. The van der Waals surface area contributed by atoms with Crippen LogP contribution in [-0.4, -0.2) is 106 Å². The van der Waals surface area contributed by atoms with Gasteiger partial charge in [-0.1, -0.05) is 38.8 Å². The first-order valence-corrected chi connectivity index (χ1v) is 29.3. The third-order valence-corrected chi connectivity index (χ3v) is 27.4. The number of aliphatic hydroxyl groups is 3. The molecule has 0 radical (unpaired) electrons. The minimum absolute atomic E-state index is 0.0572. The summed E-state index contributed by atoms with van der Waals surface area (Å²) in [5.41, 5.74) is -5.90. The number of allylic oxidation sites excluding steroid dienone is 1. The molecule has 8 heterocycles. The smallest absolute Gasteiger partial charge is 0.339 e. The molecule has 23 unspecified atom stereocenters. The molecule has 4 N–H and O–H groups in total. The first kappa shape index (κ1) is 45.0. The van der Waals surface area contributed by atoms with Crippen molar-refractivity contribution >= 4 is 17.7 Å². The summed E-state index contributed by atoms with van der Waals surface area (Å²) in [6.45, 7) is 7.96. The van der Waals surface area contributed by atoms with E-state index in [1.165, 1.54) is 37.7 Å². The molecule has 7 spiro atoms. The maximum absolute atomic E-state index is 16.2. The Morgan fingerprint density at radius 2 is 1.81 bits per heavy atom. The number of ether oxygens (including phenoxy) is 4. The summed E-state index contributed by atoms with van der Waals surface area (Å²) < 4.78 is 35.6. The number of carbonyl (C=O) groups is 3. The highest BCUT2D eigenvalue weighted by Crippen LogP contribution is 2.95. The van der Waals surface area contributed by atoms with E-state index in [0.717, 1.165) is 76.6 Å². The highest BCUT2D eigenvalue weighted by atomic mass is 16.7. The van der Waals surface area contributed by atoms with Crippen molar-refractivity contribution in [1.29, 1.82) is 0 Å². The van der Waals surface area contributed by atoms with Crippen LogP contribution in [0.25, 0.3) is 0 Å². The lowest BCUT2D eigenvalue weighted by molar-refractivity contribution is -0.317. The van der Waals surface area contributed by atoms with Gasteiger partial charge in [0.2, 0.25) is 0 Å². The zero-order valence-corrected chi connectivity index (χ0v) is 43.1. The zero-order valence-electron chi connectivity index (χ0n) is 43.1. The van der Waals surface area contributed by atoms with Crippen LogP contribution < -0.4 is 5.32 Å². The van der Waals surface area contributed by atoms with Crippen LogP contribution in [-0.2, 0) is 39.8 Å². The van der Waals surface area contributed by atoms with E-state index in [-0.39, 0.29) is 65.4 Å². The number of hydrogen-bond acceptors (Lipinski definition) is 13. The van der Waals surface area contributed by atoms with Crippen LogP contribution in [0.2, 0.25) is 0 Å². The van der Waals surface area contributed by atoms with Crippen LogP contribution in [0, 0.1) is 91.2 Å². The summed E-state index contributed by atoms with van der Waals surface area (Å²) in [6, 6.07) is 2.41. The molecule has 16 aliphatic rings. The van der Waals surface area contributed by atoms with E-state index in [9.17, 15) is 20.1 Å². The number of cyclic esters (lactones) is 2. The summed E-state index contributed by atoms with van der Waals surface area (Å²) in [5.74, 6) is 0.0731. The molecule has 392 valence electrons. The Bertz CT molecular complexity index is 2750. The molecule has 7 aliphatic heterocycles. The molecule has 73 heavy (non-hydrogen) atoms. The molecule has 5 bridgehead atoms. The Kier molecular flexibility index (Phi) is 8.38. The molecule has 17 rings (SSSR count). The molecule has 13 heteroatoms. The first-order chi connectivity index (χ1) is 35.1. The van der Waals surface area contributed by atoms with Crippen molar-refractivity contribution in [2.75, 3.05) is 26.4 Å². The number of nitrogens with one attached hydrogen (secondary N) is 1. The normalized spacial score (nSPS) is 56.8. The number of Topliss-reactive ketones (excluding diaryl/α,β-unsaturated/α-hetero) is 1. The molecule has 0 amide bonds. The van der Waals surface area contributed by atoms with Crippen molar-refractivity contribution in [3.63, 3.8) is 0 Å². The van der Waals surface area contributed by atoms with Crippen molar-refractivity contribution in [3.8, 4) is 0 Å². The molecule has 1 aromatic heterocycles. The Labute approximate surface area is 428 Å². The minimum Gasteiger partial charge on any atom is -0.469 e. The van der Waals surface area contributed by atoms with Gasteiger partial charge in [0, 0.05) is 35.4 Å². The van der Waals surface area contributed by atoms with Gasteiger partial charge in [-0.05, 0) is 185 Å². The van der Waals surface area contributed by atoms with Gasteiger partial charge in [-0.15, -0.1) is 0 Å².